The Morgan fingerprint density at radius 2 is 2.11 bits per heavy atom. The maximum absolute atomic E-state index is 12.2. The van der Waals surface area contributed by atoms with Gasteiger partial charge in [0, 0.05) is 60.6 Å². The quantitative estimate of drug-likeness (QED) is 0.718. The smallest absolute Gasteiger partial charge is 0.317 e. The van der Waals surface area contributed by atoms with Crippen molar-refractivity contribution in [2.75, 3.05) is 19.6 Å². The van der Waals surface area contributed by atoms with E-state index in [9.17, 15) is 4.79 Å². The van der Waals surface area contributed by atoms with Crippen molar-refractivity contribution in [1.29, 1.82) is 0 Å². The van der Waals surface area contributed by atoms with Crippen molar-refractivity contribution in [2.24, 2.45) is 0 Å². The standard InChI is InChI=1S/C21H26N6O/c1-2-22-20(28)26-10-6-21(7-11-26)5-3-9-27-18(21)13-17(25-27)16-12-15-4-8-23-19(15)24-14-16/h4,8,12-14H,2-3,5-7,9-11H2,1H3,(H,22,28)(H,23,24). The second kappa shape index (κ2) is 6.65. The van der Waals surface area contributed by atoms with Gasteiger partial charge in [0.25, 0.3) is 0 Å². The minimum Gasteiger partial charge on any atom is -0.346 e. The molecule has 5 heterocycles. The van der Waals surface area contributed by atoms with Crippen LogP contribution in [-0.4, -0.2) is 50.3 Å². The lowest BCUT2D eigenvalue weighted by Crippen LogP contribution is -2.50. The van der Waals surface area contributed by atoms with E-state index in [1.165, 1.54) is 12.1 Å². The lowest BCUT2D eigenvalue weighted by atomic mass is 9.70. The van der Waals surface area contributed by atoms with Crippen molar-refractivity contribution in [2.45, 2.75) is 44.6 Å². The highest BCUT2D eigenvalue weighted by molar-refractivity contribution is 5.80. The molecule has 3 aromatic rings. The van der Waals surface area contributed by atoms with Crippen LogP contribution in [0, 0.1) is 0 Å². The number of aromatic nitrogens is 4. The molecule has 7 nitrogen and oxygen atoms in total. The first kappa shape index (κ1) is 17.3. The van der Waals surface area contributed by atoms with Gasteiger partial charge in [-0.2, -0.15) is 5.10 Å². The summed E-state index contributed by atoms with van der Waals surface area (Å²) in [6, 6.07) is 6.52. The number of aryl methyl sites for hydroxylation is 1. The second-order valence-corrected chi connectivity index (χ2v) is 7.98. The van der Waals surface area contributed by atoms with Crippen LogP contribution >= 0.6 is 0 Å². The summed E-state index contributed by atoms with van der Waals surface area (Å²) in [5, 5.41) is 8.95. The van der Waals surface area contributed by atoms with E-state index in [0.717, 1.165) is 61.2 Å². The number of likely N-dealkylation sites (tertiary alicyclic amines) is 1. The molecule has 2 N–H and O–H groups in total. The molecule has 3 aromatic heterocycles. The monoisotopic (exact) mass is 378 g/mol. The summed E-state index contributed by atoms with van der Waals surface area (Å²) >= 11 is 0. The molecule has 1 spiro atoms. The van der Waals surface area contributed by atoms with Crippen molar-refractivity contribution in [3.63, 3.8) is 0 Å². The minimum absolute atomic E-state index is 0.0632. The summed E-state index contributed by atoms with van der Waals surface area (Å²) in [6.07, 6.45) is 8.14. The Bertz CT molecular complexity index is 1010. The highest BCUT2D eigenvalue weighted by Gasteiger charge is 2.41. The number of hydrogen-bond donors (Lipinski definition) is 2. The number of H-pyrrole nitrogens is 1. The molecule has 1 fully saturated rings. The summed E-state index contributed by atoms with van der Waals surface area (Å²) in [4.78, 5) is 21.8. The Hall–Kier alpha value is -2.83. The molecule has 0 saturated carbocycles. The third-order valence-corrected chi connectivity index (χ3v) is 6.38. The largest absolute Gasteiger partial charge is 0.346 e. The van der Waals surface area contributed by atoms with E-state index in [2.05, 4.69) is 32.1 Å². The number of nitrogens with zero attached hydrogens (tertiary/aromatic N) is 4. The molecular formula is C21H26N6O. The highest BCUT2D eigenvalue weighted by Crippen LogP contribution is 2.43. The third kappa shape index (κ3) is 2.77. The van der Waals surface area contributed by atoms with Gasteiger partial charge in [-0.3, -0.25) is 4.68 Å². The van der Waals surface area contributed by atoms with Crippen molar-refractivity contribution in [1.82, 2.24) is 30.0 Å². The number of fused-ring (bicyclic) bond motifs is 3. The Morgan fingerprint density at radius 1 is 1.25 bits per heavy atom. The van der Waals surface area contributed by atoms with E-state index >= 15 is 0 Å². The Labute approximate surface area is 164 Å². The number of hydrogen-bond acceptors (Lipinski definition) is 3. The summed E-state index contributed by atoms with van der Waals surface area (Å²) < 4.78 is 2.20. The Kier molecular flexibility index (Phi) is 4.10. The molecule has 0 aliphatic carbocycles. The van der Waals surface area contributed by atoms with Crippen LogP contribution in [0.5, 0.6) is 0 Å². The number of carbonyl (C=O) groups excluding carboxylic acids is 1. The highest BCUT2D eigenvalue weighted by atomic mass is 16.2. The zero-order valence-electron chi connectivity index (χ0n) is 16.2. The van der Waals surface area contributed by atoms with E-state index in [0.29, 0.717) is 6.54 Å². The summed E-state index contributed by atoms with van der Waals surface area (Å²) in [5.74, 6) is 0. The zero-order chi connectivity index (χ0) is 19.1. The molecule has 0 radical (unpaired) electrons. The van der Waals surface area contributed by atoms with E-state index in [4.69, 9.17) is 5.10 Å². The molecule has 7 heteroatoms. The van der Waals surface area contributed by atoms with Crippen LogP contribution in [0.1, 0.15) is 38.3 Å². The van der Waals surface area contributed by atoms with Gasteiger partial charge >= 0.3 is 6.03 Å². The normalized spacial score (nSPS) is 18.4. The van der Waals surface area contributed by atoms with Gasteiger partial charge in [-0.25, -0.2) is 9.78 Å². The molecule has 5 rings (SSSR count). The Morgan fingerprint density at radius 3 is 2.93 bits per heavy atom. The van der Waals surface area contributed by atoms with Crippen molar-refractivity contribution in [3.05, 3.63) is 36.3 Å². The first-order chi connectivity index (χ1) is 13.7. The molecule has 2 aliphatic heterocycles. The third-order valence-electron chi connectivity index (χ3n) is 6.38. The lowest BCUT2D eigenvalue weighted by Gasteiger charge is -2.44. The molecular weight excluding hydrogens is 352 g/mol. The van der Waals surface area contributed by atoms with Crippen LogP contribution in [0.3, 0.4) is 0 Å². The van der Waals surface area contributed by atoms with Crippen LogP contribution in [0.25, 0.3) is 22.3 Å². The van der Waals surface area contributed by atoms with Crippen molar-refractivity contribution < 1.29 is 4.79 Å². The molecule has 2 aliphatic rings. The van der Waals surface area contributed by atoms with E-state index < -0.39 is 0 Å². The second-order valence-electron chi connectivity index (χ2n) is 7.98. The van der Waals surface area contributed by atoms with Gasteiger partial charge in [-0.05, 0) is 50.8 Å². The van der Waals surface area contributed by atoms with Crippen LogP contribution in [-0.2, 0) is 12.0 Å². The predicted octanol–water partition coefficient (Wildman–Crippen LogP) is 3.28. The van der Waals surface area contributed by atoms with Crippen molar-refractivity contribution >= 4 is 17.1 Å². The Balaban J connectivity index is 1.43. The van der Waals surface area contributed by atoms with Crippen LogP contribution in [0.2, 0.25) is 0 Å². The average Bonchev–Trinajstić information content (AvgIpc) is 3.36. The van der Waals surface area contributed by atoms with Gasteiger partial charge in [-0.15, -0.1) is 0 Å². The van der Waals surface area contributed by atoms with Gasteiger partial charge in [-0.1, -0.05) is 0 Å². The maximum atomic E-state index is 12.2. The molecule has 1 saturated heterocycles. The fourth-order valence-corrected chi connectivity index (χ4v) is 4.84. The summed E-state index contributed by atoms with van der Waals surface area (Å²) in [6.45, 7) is 5.23. The van der Waals surface area contributed by atoms with E-state index in [-0.39, 0.29) is 11.4 Å². The topological polar surface area (TPSA) is 78.8 Å². The number of piperidine rings is 1. The molecule has 2 amide bonds. The minimum atomic E-state index is 0.0632. The fourth-order valence-electron chi connectivity index (χ4n) is 4.84. The molecule has 0 aromatic carbocycles. The first-order valence-corrected chi connectivity index (χ1v) is 10.2. The van der Waals surface area contributed by atoms with Gasteiger partial charge in [0.05, 0.1) is 5.69 Å². The summed E-state index contributed by atoms with van der Waals surface area (Å²) in [5.41, 5.74) is 4.43. The summed E-state index contributed by atoms with van der Waals surface area (Å²) in [7, 11) is 0. The van der Waals surface area contributed by atoms with Crippen LogP contribution in [0.15, 0.2) is 30.6 Å². The van der Waals surface area contributed by atoms with Crippen LogP contribution < -0.4 is 5.32 Å². The molecule has 0 unspecified atom stereocenters. The number of amides is 2. The SMILES string of the molecule is CCNC(=O)N1CCC2(CCCn3nc(-c4cnc5[nH]ccc5c4)cc32)CC1. The van der Waals surface area contributed by atoms with Gasteiger partial charge in [0.2, 0.25) is 0 Å². The fraction of sp³-hybridized carbons (Fsp3) is 0.476. The van der Waals surface area contributed by atoms with Gasteiger partial charge in [0.15, 0.2) is 0 Å². The number of urea groups is 1. The van der Waals surface area contributed by atoms with Gasteiger partial charge in [0.1, 0.15) is 5.65 Å². The molecule has 0 bridgehead atoms. The number of aromatic amines is 1. The first-order valence-electron chi connectivity index (χ1n) is 10.2. The maximum Gasteiger partial charge on any atom is 0.317 e. The van der Waals surface area contributed by atoms with E-state index in [1.54, 1.807) is 0 Å². The molecule has 146 valence electrons. The molecule has 28 heavy (non-hydrogen) atoms. The predicted molar refractivity (Wildman–Crippen MR) is 108 cm³/mol. The number of carbonyl (C=O) groups is 1. The molecule has 0 atom stereocenters. The lowest BCUT2D eigenvalue weighted by molar-refractivity contribution is 0.139. The number of rotatable bonds is 2. The van der Waals surface area contributed by atoms with E-state index in [1.807, 2.05) is 30.3 Å². The number of nitrogens with one attached hydrogen (secondary N) is 2. The van der Waals surface area contributed by atoms with Crippen molar-refractivity contribution in [3.8, 4) is 11.3 Å². The number of pyridine rings is 1. The van der Waals surface area contributed by atoms with Crippen LogP contribution in [0.4, 0.5) is 4.79 Å². The average molecular weight is 378 g/mol. The zero-order valence-corrected chi connectivity index (χ0v) is 16.2. The van der Waals surface area contributed by atoms with Gasteiger partial charge < -0.3 is 15.2 Å².